The Kier molecular flexibility index (Phi) is 6.23. The highest BCUT2D eigenvalue weighted by atomic mass is 35.5. The molecule has 2 aliphatic rings. The van der Waals surface area contributed by atoms with Gasteiger partial charge in [-0.05, 0) is 45.0 Å². The standard InChI is InChI=1S/C20H30ClN3O2/c1-22(2)13-19(26)24-10-5-9-20(15-24)14-23(11-8-18(20)25)12-16-6-3-4-7-17(16)21/h3-4,6-7,18,25H,5,8-15H2,1-2H3/t18-,20-/m1/s1. The molecular weight excluding hydrogens is 350 g/mol. The third-order valence-electron chi connectivity index (χ3n) is 5.73. The number of amides is 1. The van der Waals surface area contributed by atoms with Crippen LogP contribution < -0.4 is 0 Å². The van der Waals surface area contributed by atoms with Crippen LogP contribution in [0.2, 0.25) is 5.02 Å². The SMILES string of the molecule is CN(C)CC(=O)N1CCC[C@@]2(CN(Cc3ccccc3Cl)CC[C@H]2O)C1. The van der Waals surface area contributed by atoms with Gasteiger partial charge in [-0.25, -0.2) is 0 Å². The van der Waals surface area contributed by atoms with E-state index in [-0.39, 0.29) is 17.4 Å². The quantitative estimate of drug-likeness (QED) is 0.870. The highest BCUT2D eigenvalue weighted by molar-refractivity contribution is 6.31. The number of likely N-dealkylation sites (N-methyl/N-ethyl adjacent to an activating group) is 1. The molecule has 1 N–H and O–H groups in total. The molecule has 6 heteroatoms. The van der Waals surface area contributed by atoms with E-state index >= 15 is 0 Å². The molecule has 26 heavy (non-hydrogen) atoms. The van der Waals surface area contributed by atoms with Gasteiger partial charge in [-0.15, -0.1) is 0 Å². The number of piperidine rings is 2. The van der Waals surface area contributed by atoms with Crippen LogP contribution in [0.1, 0.15) is 24.8 Å². The first-order chi connectivity index (χ1) is 12.4. The van der Waals surface area contributed by atoms with Gasteiger partial charge in [-0.3, -0.25) is 9.69 Å². The number of nitrogens with zero attached hydrogens (tertiary/aromatic N) is 3. The number of carbonyl (C=O) groups is 1. The van der Waals surface area contributed by atoms with E-state index in [9.17, 15) is 9.90 Å². The van der Waals surface area contributed by atoms with Crippen molar-refractivity contribution in [3.05, 3.63) is 34.9 Å². The molecule has 1 aromatic rings. The monoisotopic (exact) mass is 379 g/mol. The zero-order chi connectivity index (χ0) is 18.7. The predicted molar refractivity (Wildman–Crippen MR) is 104 cm³/mol. The summed E-state index contributed by atoms with van der Waals surface area (Å²) in [6.45, 7) is 4.34. The van der Waals surface area contributed by atoms with E-state index in [4.69, 9.17) is 11.6 Å². The highest BCUT2D eigenvalue weighted by Crippen LogP contribution is 2.39. The smallest absolute Gasteiger partial charge is 0.236 e. The molecule has 1 spiro atoms. The maximum absolute atomic E-state index is 12.5. The van der Waals surface area contributed by atoms with E-state index in [1.165, 1.54) is 0 Å². The second-order valence-electron chi connectivity index (χ2n) is 8.13. The summed E-state index contributed by atoms with van der Waals surface area (Å²) >= 11 is 6.33. The Morgan fingerprint density at radius 1 is 1.31 bits per heavy atom. The summed E-state index contributed by atoms with van der Waals surface area (Å²) < 4.78 is 0. The summed E-state index contributed by atoms with van der Waals surface area (Å²) in [6.07, 6.45) is 2.33. The maximum Gasteiger partial charge on any atom is 0.236 e. The van der Waals surface area contributed by atoms with Crippen LogP contribution in [-0.2, 0) is 11.3 Å². The Morgan fingerprint density at radius 3 is 2.81 bits per heavy atom. The van der Waals surface area contributed by atoms with Crippen LogP contribution in [0.25, 0.3) is 0 Å². The summed E-state index contributed by atoms with van der Waals surface area (Å²) in [7, 11) is 3.83. The first kappa shape index (κ1) is 19.6. The normalized spacial score (nSPS) is 27.3. The number of benzene rings is 1. The first-order valence-electron chi connectivity index (χ1n) is 9.46. The molecule has 0 bridgehead atoms. The summed E-state index contributed by atoms with van der Waals surface area (Å²) in [4.78, 5) is 18.8. The van der Waals surface area contributed by atoms with Gasteiger partial charge in [0.2, 0.25) is 5.91 Å². The second-order valence-corrected chi connectivity index (χ2v) is 8.53. The Labute approximate surface area is 161 Å². The number of aliphatic hydroxyl groups is 1. The van der Waals surface area contributed by atoms with Crippen molar-refractivity contribution in [3.63, 3.8) is 0 Å². The number of likely N-dealkylation sites (tertiary alicyclic amines) is 2. The highest BCUT2D eigenvalue weighted by Gasteiger charge is 2.46. The van der Waals surface area contributed by atoms with Gasteiger partial charge in [-0.1, -0.05) is 29.8 Å². The molecule has 1 aromatic carbocycles. The van der Waals surface area contributed by atoms with Crippen LogP contribution in [0, 0.1) is 5.41 Å². The molecule has 2 saturated heterocycles. The van der Waals surface area contributed by atoms with E-state index in [2.05, 4.69) is 11.0 Å². The predicted octanol–water partition coefficient (Wildman–Crippen LogP) is 2.08. The fourth-order valence-corrected chi connectivity index (χ4v) is 4.58. The minimum atomic E-state index is -0.347. The van der Waals surface area contributed by atoms with E-state index in [0.717, 1.165) is 56.0 Å². The van der Waals surface area contributed by atoms with Gasteiger partial charge in [-0.2, -0.15) is 0 Å². The molecule has 144 valence electrons. The lowest BCUT2D eigenvalue weighted by Gasteiger charge is -2.51. The van der Waals surface area contributed by atoms with Crippen molar-refractivity contribution in [2.75, 3.05) is 46.8 Å². The topological polar surface area (TPSA) is 47.0 Å². The van der Waals surface area contributed by atoms with Gasteiger partial charge in [0, 0.05) is 43.2 Å². The number of hydrogen-bond donors (Lipinski definition) is 1. The average Bonchev–Trinajstić information content (AvgIpc) is 2.60. The van der Waals surface area contributed by atoms with Gasteiger partial charge >= 0.3 is 0 Å². The van der Waals surface area contributed by atoms with E-state index in [0.29, 0.717) is 13.1 Å². The third kappa shape index (κ3) is 4.39. The minimum Gasteiger partial charge on any atom is -0.392 e. The molecule has 0 saturated carbocycles. The fraction of sp³-hybridized carbons (Fsp3) is 0.650. The lowest BCUT2D eigenvalue weighted by molar-refractivity contribution is -0.142. The van der Waals surface area contributed by atoms with E-state index in [1.54, 1.807) is 0 Å². The number of aliphatic hydroxyl groups excluding tert-OH is 1. The minimum absolute atomic E-state index is 0.157. The summed E-state index contributed by atoms with van der Waals surface area (Å²) in [5.41, 5.74) is 0.900. The van der Waals surface area contributed by atoms with Crippen molar-refractivity contribution in [1.29, 1.82) is 0 Å². The molecule has 3 rings (SSSR count). The summed E-state index contributed by atoms with van der Waals surface area (Å²) in [5.74, 6) is 0.157. The number of hydrogen-bond acceptors (Lipinski definition) is 4. The summed E-state index contributed by atoms with van der Waals surface area (Å²) in [6, 6.07) is 7.95. The molecule has 0 unspecified atom stereocenters. The van der Waals surface area contributed by atoms with Gasteiger partial charge in [0.05, 0.1) is 12.6 Å². The van der Waals surface area contributed by atoms with E-state index < -0.39 is 0 Å². The molecule has 2 atom stereocenters. The number of halogens is 1. The molecule has 2 heterocycles. The van der Waals surface area contributed by atoms with Crippen LogP contribution in [0.5, 0.6) is 0 Å². The fourth-order valence-electron chi connectivity index (χ4n) is 4.39. The zero-order valence-corrected chi connectivity index (χ0v) is 16.6. The Bertz CT molecular complexity index is 639. The van der Waals surface area contributed by atoms with Crippen LogP contribution in [0.4, 0.5) is 0 Å². The number of rotatable bonds is 4. The number of carbonyl (C=O) groups excluding carboxylic acids is 1. The van der Waals surface area contributed by atoms with Gasteiger partial charge in [0.25, 0.3) is 0 Å². The molecule has 5 nitrogen and oxygen atoms in total. The lowest BCUT2D eigenvalue weighted by Crippen LogP contribution is -2.60. The molecule has 0 aliphatic carbocycles. The molecule has 0 aromatic heterocycles. The van der Waals surface area contributed by atoms with Crippen molar-refractivity contribution in [2.24, 2.45) is 5.41 Å². The van der Waals surface area contributed by atoms with Gasteiger partial charge < -0.3 is 14.9 Å². The second kappa shape index (κ2) is 8.26. The average molecular weight is 380 g/mol. The molecule has 2 fully saturated rings. The molecule has 2 aliphatic heterocycles. The van der Waals surface area contributed by atoms with Gasteiger partial charge in [0.1, 0.15) is 0 Å². The molecule has 0 radical (unpaired) electrons. The van der Waals surface area contributed by atoms with Crippen LogP contribution in [-0.4, -0.2) is 78.6 Å². The van der Waals surface area contributed by atoms with Crippen molar-refractivity contribution in [1.82, 2.24) is 14.7 Å². The van der Waals surface area contributed by atoms with Crippen molar-refractivity contribution in [3.8, 4) is 0 Å². The first-order valence-corrected chi connectivity index (χ1v) is 9.84. The summed E-state index contributed by atoms with van der Waals surface area (Å²) in [5, 5.41) is 11.6. The Morgan fingerprint density at radius 2 is 2.08 bits per heavy atom. The molecular formula is C20H30ClN3O2. The van der Waals surface area contributed by atoms with Gasteiger partial charge in [0.15, 0.2) is 0 Å². The Hall–Kier alpha value is -1.14. The van der Waals surface area contributed by atoms with Crippen LogP contribution in [0.3, 0.4) is 0 Å². The van der Waals surface area contributed by atoms with Crippen molar-refractivity contribution >= 4 is 17.5 Å². The van der Waals surface area contributed by atoms with E-state index in [1.807, 2.05) is 42.1 Å². The largest absolute Gasteiger partial charge is 0.392 e. The van der Waals surface area contributed by atoms with Crippen molar-refractivity contribution in [2.45, 2.75) is 31.9 Å². The Balaban J connectivity index is 1.70. The van der Waals surface area contributed by atoms with Crippen LogP contribution >= 0.6 is 11.6 Å². The third-order valence-corrected chi connectivity index (χ3v) is 6.10. The molecule has 1 amide bonds. The lowest BCUT2D eigenvalue weighted by atomic mass is 9.71. The van der Waals surface area contributed by atoms with Crippen LogP contribution in [0.15, 0.2) is 24.3 Å². The zero-order valence-electron chi connectivity index (χ0n) is 15.8. The van der Waals surface area contributed by atoms with Crippen molar-refractivity contribution < 1.29 is 9.90 Å². The maximum atomic E-state index is 12.5.